The van der Waals surface area contributed by atoms with Gasteiger partial charge in [0.25, 0.3) is 5.91 Å². The minimum Gasteiger partial charge on any atom is -0.347 e. The van der Waals surface area contributed by atoms with Gasteiger partial charge < -0.3 is 9.88 Å². The molecule has 9 heteroatoms. The van der Waals surface area contributed by atoms with E-state index in [0.717, 1.165) is 37.6 Å². The molecular formula is C21H19N7OS. The normalized spacial score (nSPS) is 11.4. The number of hydrogen-bond donors (Lipinski definition) is 2. The monoisotopic (exact) mass is 417 g/mol. The average molecular weight is 417 g/mol. The number of hydrogen-bond acceptors (Lipinski definition) is 5. The Balaban J connectivity index is 1.35. The van der Waals surface area contributed by atoms with E-state index in [0.29, 0.717) is 12.2 Å². The zero-order chi connectivity index (χ0) is 20.7. The lowest BCUT2D eigenvalue weighted by molar-refractivity contribution is 0.0942. The molecule has 8 nitrogen and oxygen atoms in total. The largest absolute Gasteiger partial charge is 0.347 e. The number of aromatic nitrogens is 6. The lowest BCUT2D eigenvalue weighted by Crippen LogP contribution is -2.25. The van der Waals surface area contributed by atoms with Gasteiger partial charge in [-0.05, 0) is 37.3 Å². The van der Waals surface area contributed by atoms with Crippen LogP contribution in [0.25, 0.3) is 16.6 Å². The molecule has 4 heterocycles. The molecule has 0 saturated heterocycles. The van der Waals surface area contributed by atoms with Crippen LogP contribution in [-0.2, 0) is 13.6 Å². The Labute approximate surface area is 176 Å². The molecule has 0 aliphatic rings. The minimum atomic E-state index is -0.126. The van der Waals surface area contributed by atoms with Crippen LogP contribution in [0.15, 0.2) is 64.9 Å². The molecule has 5 rings (SSSR count). The molecule has 30 heavy (non-hydrogen) atoms. The second-order valence-corrected chi connectivity index (χ2v) is 8.12. The van der Waals surface area contributed by atoms with Crippen LogP contribution in [-0.4, -0.2) is 35.3 Å². The predicted octanol–water partition coefficient (Wildman–Crippen LogP) is 3.33. The Morgan fingerprint density at radius 2 is 2.17 bits per heavy atom. The van der Waals surface area contributed by atoms with Gasteiger partial charge in [-0.1, -0.05) is 17.8 Å². The van der Waals surface area contributed by atoms with Crippen molar-refractivity contribution in [3.05, 3.63) is 72.1 Å². The van der Waals surface area contributed by atoms with Crippen LogP contribution in [0, 0.1) is 6.92 Å². The molecule has 0 bridgehead atoms. The second-order valence-electron chi connectivity index (χ2n) is 7.00. The number of nitrogens with one attached hydrogen (secondary N) is 2. The molecule has 0 radical (unpaired) electrons. The highest BCUT2D eigenvalue weighted by molar-refractivity contribution is 7.99. The standard InChI is InChI=1S/C21H19N7OS/c1-13-19(30-16-5-6-17-15(8-16)11-24-26-17)9-18(27(13)2)21(29)22-10-14-4-3-7-28-20(14)23-12-25-28/h3-9,11-12H,10H2,1-2H3,(H,22,29)(H,24,26). The molecule has 1 aromatic carbocycles. The number of aromatic amines is 1. The third kappa shape index (κ3) is 3.22. The van der Waals surface area contributed by atoms with Gasteiger partial charge in [0.2, 0.25) is 0 Å². The molecule has 0 spiro atoms. The molecule has 0 atom stereocenters. The van der Waals surface area contributed by atoms with Gasteiger partial charge in [0, 0.05) is 46.2 Å². The summed E-state index contributed by atoms with van der Waals surface area (Å²) >= 11 is 1.64. The Bertz CT molecular complexity index is 1380. The van der Waals surface area contributed by atoms with Gasteiger partial charge in [0.05, 0.1) is 11.7 Å². The predicted molar refractivity (Wildman–Crippen MR) is 115 cm³/mol. The van der Waals surface area contributed by atoms with E-state index in [2.05, 4.69) is 37.7 Å². The zero-order valence-electron chi connectivity index (χ0n) is 16.5. The molecule has 5 aromatic rings. The first-order valence-corrected chi connectivity index (χ1v) is 10.2. The first-order chi connectivity index (χ1) is 14.6. The van der Waals surface area contributed by atoms with Crippen LogP contribution in [0.4, 0.5) is 0 Å². The van der Waals surface area contributed by atoms with Crippen LogP contribution < -0.4 is 5.32 Å². The highest BCUT2D eigenvalue weighted by Crippen LogP contribution is 2.33. The summed E-state index contributed by atoms with van der Waals surface area (Å²) in [6.07, 6.45) is 5.15. The Morgan fingerprint density at radius 3 is 3.07 bits per heavy atom. The molecule has 0 unspecified atom stereocenters. The maximum absolute atomic E-state index is 12.9. The van der Waals surface area contributed by atoms with E-state index in [4.69, 9.17) is 0 Å². The number of rotatable bonds is 5. The summed E-state index contributed by atoms with van der Waals surface area (Å²) in [6.45, 7) is 2.40. The Kier molecular flexibility index (Phi) is 4.51. The SMILES string of the molecule is Cc1c(Sc2ccc3[nH]ncc3c2)cc(C(=O)NCc2cccn3ncnc23)n1C. The van der Waals surface area contributed by atoms with Crippen LogP contribution in [0.2, 0.25) is 0 Å². The van der Waals surface area contributed by atoms with Crippen molar-refractivity contribution in [2.45, 2.75) is 23.3 Å². The highest BCUT2D eigenvalue weighted by Gasteiger charge is 2.17. The van der Waals surface area contributed by atoms with Gasteiger partial charge in [-0.15, -0.1) is 0 Å². The second kappa shape index (κ2) is 7.34. The number of H-pyrrole nitrogens is 1. The van der Waals surface area contributed by atoms with Gasteiger partial charge in [-0.25, -0.2) is 9.50 Å². The first kappa shape index (κ1) is 18.4. The molecule has 0 saturated carbocycles. The summed E-state index contributed by atoms with van der Waals surface area (Å²) in [5.41, 5.74) is 4.32. The maximum Gasteiger partial charge on any atom is 0.268 e. The fourth-order valence-electron chi connectivity index (χ4n) is 3.41. The number of amides is 1. The number of carbonyl (C=O) groups is 1. The lowest BCUT2D eigenvalue weighted by Gasteiger charge is -2.07. The summed E-state index contributed by atoms with van der Waals surface area (Å²) in [5, 5.41) is 15.2. The van der Waals surface area contributed by atoms with E-state index in [-0.39, 0.29) is 5.91 Å². The van der Waals surface area contributed by atoms with E-state index in [1.807, 2.05) is 55.2 Å². The lowest BCUT2D eigenvalue weighted by atomic mass is 10.2. The number of carbonyl (C=O) groups excluding carboxylic acids is 1. The molecule has 0 fully saturated rings. The molecule has 0 aliphatic heterocycles. The van der Waals surface area contributed by atoms with Crippen molar-refractivity contribution in [2.75, 3.05) is 0 Å². The van der Waals surface area contributed by atoms with Crippen molar-refractivity contribution >= 4 is 34.2 Å². The minimum absolute atomic E-state index is 0.126. The van der Waals surface area contributed by atoms with E-state index >= 15 is 0 Å². The van der Waals surface area contributed by atoms with E-state index in [1.54, 1.807) is 16.3 Å². The van der Waals surface area contributed by atoms with E-state index in [9.17, 15) is 4.79 Å². The summed E-state index contributed by atoms with van der Waals surface area (Å²) in [6, 6.07) is 11.9. The summed E-state index contributed by atoms with van der Waals surface area (Å²) in [4.78, 5) is 19.3. The molecule has 4 aromatic heterocycles. The van der Waals surface area contributed by atoms with Crippen LogP contribution in [0.1, 0.15) is 21.7 Å². The van der Waals surface area contributed by atoms with Crippen LogP contribution in [0.5, 0.6) is 0 Å². The van der Waals surface area contributed by atoms with Crippen LogP contribution in [0.3, 0.4) is 0 Å². The fourth-order valence-corrected chi connectivity index (χ4v) is 4.44. The van der Waals surface area contributed by atoms with Crippen molar-refractivity contribution in [1.82, 2.24) is 34.7 Å². The van der Waals surface area contributed by atoms with Crippen LogP contribution >= 0.6 is 11.8 Å². The molecule has 1 amide bonds. The summed E-state index contributed by atoms with van der Waals surface area (Å²) < 4.78 is 3.62. The highest BCUT2D eigenvalue weighted by atomic mass is 32.2. The molecule has 150 valence electrons. The van der Waals surface area contributed by atoms with Gasteiger partial charge >= 0.3 is 0 Å². The van der Waals surface area contributed by atoms with Crippen molar-refractivity contribution in [3.8, 4) is 0 Å². The van der Waals surface area contributed by atoms with Crippen molar-refractivity contribution in [2.24, 2.45) is 7.05 Å². The van der Waals surface area contributed by atoms with Gasteiger partial charge in [-0.2, -0.15) is 10.2 Å². The van der Waals surface area contributed by atoms with Crippen molar-refractivity contribution in [3.63, 3.8) is 0 Å². The summed E-state index contributed by atoms with van der Waals surface area (Å²) in [7, 11) is 1.91. The number of benzene rings is 1. The van der Waals surface area contributed by atoms with E-state index in [1.165, 1.54) is 6.33 Å². The smallest absolute Gasteiger partial charge is 0.268 e. The fraction of sp³-hybridized carbons (Fsp3) is 0.143. The topological polar surface area (TPSA) is 92.9 Å². The number of nitrogens with zero attached hydrogens (tertiary/aromatic N) is 5. The molecule has 2 N–H and O–H groups in total. The third-order valence-corrected chi connectivity index (χ3v) is 6.31. The number of pyridine rings is 1. The molecule has 0 aliphatic carbocycles. The number of fused-ring (bicyclic) bond motifs is 2. The maximum atomic E-state index is 12.9. The quantitative estimate of drug-likeness (QED) is 0.458. The summed E-state index contributed by atoms with van der Waals surface area (Å²) in [5.74, 6) is -0.126. The van der Waals surface area contributed by atoms with Gasteiger partial charge in [0.15, 0.2) is 5.65 Å². The zero-order valence-corrected chi connectivity index (χ0v) is 17.3. The van der Waals surface area contributed by atoms with Gasteiger partial charge in [-0.3, -0.25) is 9.89 Å². The van der Waals surface area contributed by atoms with Gasteiger partial charge in [0.1, 0.15) is 12.0 Å². The third-order valence-electron chi connectivity index (χ3n) is 5.19. The first-order valence-electron chi connectivity index (χ1n) is 9.43. The average Bonchev–Trinajstić information content (AvgIpc) is 3.47. The van der Waals surface area contributed by atoms with Crippen molar-refractivity contribution in [1.29, 1.82) is 0 Å². The van der Waals surface area contributed by atoms with Crippen molar-refractivity contribution < 1.29 is 4.79 Å². The Morgan fingerprint density at radius 1 is 1.27 bits per heavy atom. The van der Waals surface area contributed by atoms with E-state index < -0.39 is 0 Å². The molecular weight excluding hydrogens is 398 g/mol. The Hall–Kier alpha value is -3.59.